The van der Waals surface area contributed by atoms with Crippen LogP contribution in [0.5, 0.6) is 0 Å². The Bertz CT molecular complexity index is 869. The van der Waals surface area contributed by atoms with Crippen LogP contribution in [0.3, 0.4) is 0 Å². The van der Waals surface area contributed by atoms with E-state index in [1.54, 1.807) is 6.92 Å². The number of phosphoric ester groups is 1. The molecular weight excluding hydrogens is 529 g/mol. The van der Waals surface area contributed by atoms with Crippen molar-refractivity contribution in [3.8, 4) is 0 Å². The van der Waals surface area contributed by atoms with E-state index in [0.717, 1.165) is 38.5 Å². The van der Waals surface area contributed by atoms with Crippen molar-refractivity contribution in [3.63, 3.8) is 0 Å². The van der Waals surface area contributed by atoms with E-state index in [2.05, 4.69) is 60.1 Å². The second-order valence-corrected chi connectivity index (χ2v) is 9.85. The van der Waals surface area contributed by atoms with Crippen LogP contribution in [0.15, 0.2) is 48.6 Å². The summed E-state index contributed by atoms with van der Waals surface area (Å²) < 4.78 is 31.5. The first-order valence-corrected chi connectivity index (χ1v) is 14.7. The Morgan fingerprint density at radius 2 is 1.38 bits per heavy atom. The third-order valence-electron chi connectivity index (χ3n) is 4.90. The van der Waals surface area contributed by atoms with Crippen molar-refractivity contribution in [3.05, 3.63) is 48.6 Å². The number of carboxylic acids is 1. The number of esters is 2. The zero-order valence-electron chi connectivity index (χ0n) is 22.9. The minimum absolute atomic E-state index is 0.0908. The molecule has 222 valence electrons. The van der Waals surface area contributed by atoms with Crippen molar-refractivity contribution in [2.24, 2.45) is 5.73 Å². The lowest BCUT2D eigenvalue weighted by Gasteiger charge is -2.20. The van der Waals surface area contributed by atoms with Crippen LogP contribution in [-0.2, 0) is 37.5 Å². The highest BCUT2D eigenvalue weighted by Crippen LogP contribution is 2.43. The summed E-state index contributed by atoms with van der Waals surface area (Å²) in [5, 5.41) is 8.71. The van der Waals surface area contributed by atoms with Gasteiger partial charge in [0.15, 0.2) is 6.10 Å². The van der Waals surface area contributed by atoms with Gasteiger partial charge in [-0.1, -0.05) is 62.5 Å². The van der Waals surface area contributed by atoms with Crippen LogP contribution in [-0.4, -0.2) is 59.9 Å². The molecular formula is C27H44NO10P. The second kappa shape index (κ2) is 23.3. The largest absolute Gasteiger partial charge is 0.480 e. The molecule has 0 aromatic carbocycles. The summed E-state index contributed by atoms with van der Waals surface area (Å²) in [7, 11) is -4.68. The van der Waals surface area contributed by atoms with Gasteiger partial charge in [-0.2, -0.15) is 0 Å². The molecule has 0 aliphatic heterocycles. The topological polar surface area (TPSA) is 172 Å². The summed E-state index contributed by atoms with van der Waals surface area (Å²) in [6.45, 7) is 1.94. The Kier molecular flexibility index (Phi) is 21.8. The number of allylic oxidation sites excluding steroid dienone is 8. The zero-order chi connectivity index (χ0) is 29.4. The first-order valence-electron chi connectivity index (χ1n) is 13.2. The van der Waals surface area contributed by atoms with Crippen molar-refractivity contribution < 1.29 is 47.5 Å². The van der Waals surface area contributed by atoms with E-state index in [-0.39, 0.29) is 19.4 Å². The quantitative estimate of drug-likeness (QED) is 0.0666. The van der Waals surface area contributed by atoms with Gasteiger partial charge in [0.1, 0.15) is 12.6 Å². The number of hydrogen-bond donors (Lipinski definition) is 3. The highest BCUT2D eigenvalue weighted by molar-refractivity contribution is 7.47. The van der Waals surface area contributed by atoms with Gasteiger partial charge in [0.05, 0.1) is 13.2 Å². The maximum Gasteiger partial charge on any atom is 0.472 e. The number of unbranched alkanes of at least 4 members (excludes halogenated alkanes) is 2. The maximum atomic E-state index is 12.2. The molecule has 4 N–H and O–H groups in total. The third-order valence-corrected chi connectivity index (χ3v) is 5.85. The molecule has 11 nitrogen and oxygen atoms in total. The predicted octanol–water partition coefficient (Wildman–Crippen LogP) is 4.76. The highest BCUT2D eigenvalue weighted by Gasteiger charge is 2.28. The third kappa shape index (κ3) is 23.1. The van der Waals surface area contributed by atoms with Crippen LogP contribution >= 0.6 is 7.82 Å². The van der Waals surface area contributed by atoms with Gasteiger partial charge in [0.25, 0.3) is 0 Å². The summed E-state index contributed by atoms with van der Waals surface area (Å²) >= 11 is 0. The molecule has 0 bridgehead atoms. The Morgan fingerprint density at radius 1 is 0.821 bits per heavy atom. The van der Waals surface area contributed by atoms with Gasteiger partial charge in [0, 0.05) is 12.8 Å². The molecule has 0 aromatic heterocycles. The molecule has 0 aromatic rings. The van der Waals surface area contributed by atoms with Crippen LogP contribution in [0, 0.1) is 0 Å². The summed E-state index contributed by atoms with van der Waals surface area (Å²) in [6, 6.07) is -1.52. The van der Waals surface area contributed by atoms with Crippen molar-refractivity contribution in [2.75, 3.05) is 19.8 Å². The number of phosphoric acid groups is 1. The van der Waals surface area contributed by atoms with Crippen molar-refractivity contribution in [1.82, 2.24) is 0 Å². The molecule has 0 heterocycles. The molecule has 0 saturated heterocycles. The van der Waals surface area contributed by atoms with Crippen LogP contribution < -0.4 is 5.73 Å². The van der Waals surface area contributed by atoms with Gasteiger partial charge >= 0.3 is 25.7 Å². The average molecular weight is 574 g/mol. The number of rotatable bonds is 23. The fraction of sp³-hybridized carbons (Fsp3) is 0.593. The lowest BCUT2D eigenvalue weighted by Crippen LogP contribution is -2.34. The number of hydrogen-bond acceptors (Lipinski definition) is 9. The molecule has 0 amide bonds. The number of carboxylic acid groups (broad SMARTS) is 1. The molecule has 0 spiro atoms. The van der Waals surface area contributed by atoms with Crippen molar-refractivity contribution in [2.45, 2.75) is 83.8 Å². The van der Waals surface area contributed by atoms with Gasteiger partial charge in [-0.15, -0.1) is 0 Å². The van der Waals surface area contributed by atoms with E-state index < -0.39 is 51.1 Å². The predicted molar refractivity (Wildman–Crippen MR) is 148 cm³/mol. The fourth-order valence-corrected chi connectivity index (χ4v) is 3.52. The Balaban J connectivity index is 4.35. The molecule has 0 saturated carbocycles. The van der Waals surface area contributed by atoms with Crippen molar-refractivity contribution in [1.29, 1.82) is 0 Å². The normalized spacial score (nSPS) is 15.2. The summed E-state index contributed by atoms with van der Waals surface area (Å²) in [5.74, 6) is -2.55. The average Bonchev–Trinajstić information content (AvgIpc) is 2.90. The lowest BCUT2D eigenvalue weighted by molar-refractivity contribution is -0.161. The molecule has 3 unspecified atom stereocenters. The molecule has 0 rings (SSSR count). The number of ether oxygens (including phenoxy) is 2. The lowest BCUT2D eigenvalue weighted by atomic mass is 10.2. The first-order chi connectivity index (χ1) is 18.6. The molecule has 0 fully saturated rings. The van der Waals surface area contributed by atoms with E-state index in [0.29, 0.717) is 6.42 Å². The summed E-state index contributed by atoms with van der Waals surface area (Å²) in [5.41, 5.74) is 5.22. The SMILES string of the molecule is CC/C=C\C/C=C\C/C=C\C/C=C\CCCCC(=O)OC(COC(=O)CC)COP(=O)(O)OCC(N)C(=O)O. The maximum absolute atomic E-state index is 12.2. The molecule has 0 aliphatic rings. The van der Waals surface area contributed by atoms with Gasteiger partial charge in [-0.25, -0.2) is 4.57 Å². The number of carbonyl (C=O) groups is 3. The molecule has 0 aliphatic carbocycles. The van der Waals surface area contributed by atoms with E-state index in [4.69, 9.17) is 24.8 Å². The Morgan fingerprint density at radius 3 is 1.95 bits per heavy atom. The zero-order valence-corrected chi connectivity index (χ0v) is 23.8. The highest BCUT2D eigenvalue weighted by atomic mass is 31.2. The number of aliphatic carboxylic acids is 1. The minimum Gasteiger partial charge on any atom is -0.480 e. The van der Waals surface area contributed by atoms with Crippen molar-refractivity contribution >= 4 is 25.7 Å². The summed E-state index contributed by atoms with van der Waals surface area (Å²) in [4.78, 5) is 44.1. The van der Waals surface area contributed by atoms with E-state index >= 15 is 0 Å². The molecule has 39 heavy (non-hydrogen) atoms. The minimum atomic E-state index is -4.68. The van der Waals surface area contributed by atoms with E-state index in [1.807, 2.05) is 0 Å². The van der Waals surface area contributed by atoms with Gasteiger partial charge in [-0.05, 0) is 44.9 Å². The first kappa shape index (κ1) is 36.4. The monoisotopic (exact) mass is 573 g/mol. The fourth-order valence-electron chi connectivity index (χ4n) is 2.74. The standard InChI is InChI=1S/C27H44NO10P/c1-3-5-6-7-8-9-10-11-12-13-14-15-16-17-18-19-26(30)38-23(20-35-25(29)4-2)21-36-39(33,34)37-22-24(28)27(31)32/h5-6,8-9,11-12,14-15,23-24H,3-4,7,10,13,16-22,28H2,1-2H3,(H,31,32)(H,33,34)/b6-5-,9-8-,12-11-,15-14-. The van der Waals surface area contributed by atoms with E-state index in [1.165, 1.54) is 0 Å². The Hall–Kier alpha value is -2.56. The van der Waals surface area contributed by atoms with Crippen LogP contribution in [0.2, 0.25) is 0 Å². The van der Waals surface area contributed by atoms with Gasteiger partial charge in [-0.3, -0.25) is 23.4 Å². The number of nitrogens with two attached hydrogens (primary N) is 1. The van der Waals surface area contributed by atoms with E-state index in [9.17, 15) is 23.8 Å². The summed E-state index contributed by atoms with van der Waals surface area (Å²) in [6.07, 6.45) is 21.8. The Labute approximate surface area is 231 Å². The molecule has 0 radical (unpaired) electrons. The molecule has 12 heteroatoms. The van der Waals surface area contributed by atoms with Crippen LogP contribution in [0.1, 0.15) is 71.6 Å². The van der Waals surface area contributed by atoms with Gasteiger partial charge in [0.2, 0.25) is 0 Å². The second-order valence-electron chi connectivity index (χ2n) is 8.40. The van der Waals surface area contributed by atoms with Crippen LogP contribution in [0.4, 0.5) is 0 Å². The van der Waals surface area contributed by atoms with Crippen LogP contribution in [0.25, 0.3) is 0 Å². The number of carbonyl (C=O) groups excluding carboxylic acids is 2. The van der Waals surface area contributed by atoms with Gasteiger partial charge < -0.3 is 25.2 Å². The smallest absolute Gasteiger partial charge is 0.472 e. The molecule has 3 atom stereocenters.